The van der Waals surface area contributed by atoms with Crippen LogP contribution in [-0.4, -0.2) is 38.4 Å². The molecular weight excluding hydrogens is 302 g/mol. The predicted octanol–water partition coefficient (Wildman–Crippen LogP) is 2.27. The van der Waals surface area contributed by atoms with Crippen LogP contribution in [0.4, 0.5) is 0 Å². The molecule has 0 radical (unpaired) electrons. The van der Waals surface area contributed by atoms with Crippen molar-refractivity contribution in [2.24, 2.45) is 5.92 Å². The fraction of sp³-hybridized carbons (Fsp3) is 0.562. The third-order valence-corrected chi connectivity index (χ3v) is 6.08. The molecular formula is C16H23NO4S. The van der Waals surface area contributed by atoms with Crippen molar-refractivity contribution in [1.82, 2.24) is 4.31 Å². The van der Waals surface area contributed by atoms with Crippen LogP contribution >= 0.6 is 0 Å². The zero-order valence-corrected chi connectivity index (χ0v) is 14.1. The lowest BCUT2D eigenvalue weighted by Crippen LogP contribution is -2.40. The first kappa shape index (κ1) is 17.0. The minimum atomic E-state index is -3.49. The van der Waals surface area contributed by atoms with Gasteiger partial charge in [-0.1, -0.05) is 17.7 Å². The van der Waals surface area contributed by atoms with E-state index >= 15 is 0 Å². The third kappa shape index (κ3) is 3.50. The van der Waals surface area contributed by atoms with E-state index in [-0.39, 0.29) is 11.9 Å². The summed E-state index contributed by atoms with van der Waals surface area (Å²) in [6.45, 7) is 6.61. The number of carbonyl (C=O) groups is 1. The lowest BCUT2D eigenvalue weighted by molar-refractivity contribution is -0.149. The van der Waals surface area contributed by atoms with Crippen LogP contribution in [0.3, 0.4) is 0 Å². The predicted molar refractivity (Wildman–Crippen MR) is 84.0 cm³/mol. The Morgan fingerprint density at radius 3 is 2.45 bits per heavy atom. The van der Waals surface area contributed by atoms with Crippen LogP contribution in [0.1, 0.15) is 30.9 Å². The number of sulfonamides is 1. The number of hydrogen-bond donors (Lipinski definition) is 0. The Hall–Kier alpha value is -1.40. The molecule has 0 saturated carbocycles. The van der Waals surface area contributed by atoms with E-state index in [0.29, 0.717) is 37.4 Å². The van der Waals surface area contributed by atoms with Crippen molar-refractivity contribution in [3.63, 3.8) is 0 Å². The summed E-state index contributed by atoms with van der Waals surface area (Å²) in [7, 11) is -3.49. The maximum absolute atomic E-state index is 12.7. The van der Waals surface area contributed by atoms with E-state index in [1.54, 1.807) is 13.0 Å². The van der Waals surface area contributed by atoms with Gasteiger partial charge in [0.2, 0.25) is 10.0 Å². The summed E-state index contributed by atoms with van der Waals surface area (Å²) in [5.74, 6) is -0.406. The Morgan fingerprint density at radius 2 is 1.91 bits per heavy atom. The van der Waals surface area contributed by atoms with Crippen molar-refractivity contribution in [2.45, 2.75) is 38.5 Å². The van der Waals surface area contributed by atoms with Crippen molar-refractivity contribution < 1.29 is 17.9 Å². The van der Waals surface area contributed by atoms with E-state index in [4.69, 9.17) is 4.74 Å². The van der Waals surface area contributed by atoms with Crippen LogP contribution in [0.15, 0.2) is 23.1 Å². The van der Waals surface area contributed by atoms with Gasteiger partial charge in [-0.2, -0.15) is 4.31 Å². The summed E-state index contributed by atoms with van der Waals surface area (Å²) in [6.07, 6.45) is 1.03. The molecule has 0 atom stereocenters. The molecule has 122 valence electrons. The minimum absolute atomic E-state index is 0.189. The molecule has 5 nitrogen and oxygen atoms in total. The van der Waals surface area contributed by atoms with E-state index in [1.807, 2.05) is 26.0 Å². The second kappa shape index (κ2) is 6.79. The highest BCUT2D eigenvalue weighted by Crippen LogP contribution is 2.26. The fourth-order valence-corrected chi connectivity index (χ4v) is 4.50. The number of nitrogens with zero attached hydrogens (tertiary/aromatic N) is 1. The number of ether oxygens (including phenoxy) is 1. The molecule has 1 aliphatic heterocycles. The summed E-state index contributed by atoms with van der Waals surface area (Å²) in [5.41, 5.74) is 1.80. The average molecular weight is 325 g/mol. The van der Waals surface area contributed by atoms with Crippen molar-refractivity contribution in [2.75, 3.05) is 19.7 Å². The first-order valence-corrected chi connectivity index (χ1v) is 9.04. The highest BCUT2D eigenvalue weighted by molar-refractivity contribution is 7.89. The van der Waals surface area contributed by atoms with Gasteiger partial charge >= 0.3 is 5.97 Å². The van der Waals surface area contributed by atoms with Gasteiger partial charge in [-0.15, -0.1) is 0 Å². The highest BCUT2D eigenvalue weighted by atomic mass is 32.2. The second-order valence-corrected chi connectivity index (χ2v) is 7.61. The maximum Gasteiger partial charge on any atom is 0.309 e. The molecule has 0 bridgehead atoms. The van der Waals surface area contributed by atoms with E-state index in [1.165, 1.54) is 4.31 Å². The van der Waals surface area contributed by atoms with Crippen LogP contribution in [0, 0.1) is 19.8 Å². The summed E-state index contributed by atoms with van der Waals surface area (Å²) in [5, 5.41) is 0. The molecule has 2 rings (SSSR count). The van der Waals surface area contributed by atoms with E-state index in [9.17, 15) is 13.2 Å². The van der Waals surface area contributed by atoms with Gasteiger partial charge in [0.1, 0.15) is 0 Å². The largest absolute Gasteiger partial charge is 0.466 e. The number of benzene rings is 1. The van der Waals surface area contributed by atoms with Crippen molar-refractivity contribution >= 4 is 16.0 Å². The topological polar surface area (TPSA) is 63.7 Å². The molecule has 0 spiro atoms. The summed E-state index contributed by atoms with van der Waals surface area (Å²) >= 11 is 0. The van der Waals surface area contributed by atoms with Gasteiger partial charge in [0.15, 0.2) is 0 Å². The van der Waals surface area contributed by atoms with Gasteiger partial charge in [0, 0.05) is 13.1 Å². The SMILES string of the molecule is CCOC(=O)C1CCN(S(=O)(=O)c2ccc(C)cc2C)CC1. The molecule has 1 aromatic rings. The average Bonchev–Trinajstić information content (AvgIpc) is 2.47. The number of esters is 1. The normalized spacial score (nSPS) is 17.4. The van der Waals surface area contributed by atoms with E-state index in [0.717, 1.165) is 11.1 Å². The Labute approximate surface area is 132 Å². The van der Waals surface area contributed by atoms with Crippen LogP contribution in [0.25, 0.3) is 0 Å². The summed E-state index contributed by atoms with van der Waals surface area (Å²) < 4.78 is 31.9. The van der Waals surface area contributed by atoms with Gasteiger partial charge in [-0.3, -0.25) is 4.79 Å². The Kier molecular flexibility index (Phi) is 5.24. The molecule has 0 aliphatic carbocycles. The van der Waals surface area contributed by atoms with Gasteiger partial charge in [0.25, 0.3) is 0 Å². The first-order chi connectivity index (χ1) is 10.4. The Balaban J connectivity index is 2.11. The zero-order chi connectivity index (χ0) is 16.3. The quantitative estimate of drug-likeness (QED) is 0.797. The smallest absolute Gasteiger partial charge is 0.309 e. The monoisotopic (exact) mass is 325 g/mol. The number of piperidine rings is 1. The van der Waals surface area contributed by atoms with Gasteiger partial charge < -0.3 is 4.74 Å². The minimum Gasteiger partial charge on any atom is -0.466 e. The van der Waals surface area contributed by atoms with Crippen molar-refractivity contribution in [3.05, 3.63) is 29.3 Å². The molecule has 1 aliphatic rings. The van der Waals surface area contributed by atoms with Crippen molar-refractivity contribution in [1.29, 1.82) is 0 Å². The van der Waals surface area contributed by atoms with E-state index in [2.05, 4.69) is 0 Å². The molecule has 22 heavy (non-hydrogen) atoms. The molecule has 1 heterocycles. The zero-order valence-electron chi connectivity index (χ0n) is 13.3. The van der Waals surface area contributed by atoms with E-state index < -0.39 is 10.0 Å². The van der Waals surface area contributed by atoms with Crippen LogP contribution in [0.2, 0.25) is 0 Å². The van der Waals surface area contributed by atoms with Crippen molar-refractivity contribution in [3.8, 4) is 0 Å². The molecule has 0 amide bonds. The lowest BCUT2D eigenvalue weighted by Gasteiger charge is -2.30. The van der Waals surface area contributed by atoms with Gasteiger partial charge in [-0.05, 0) is 45.2 Å². The molecule has 1 saturated heterocycles. The van der Waals surface area contributed by atoms with Gasteiger partial charge in [-0.25, -0.2) is 8.42 Å². The molecule has 0 N–H and O–H groups in total. The maximum atomic E-state index is 12.7. The molecule has 6 heteroatoms. The molecule has 1 aromatic carbocycles. The highest BCUT2D eigenvalue weighted by Gasteiger charge is 2.33. The number of aryl methyl sites for hydroxylation is 2. The van der Waals surface area contributed by atoms with Gasteiger partial charge in [0.05, 0.1) is 17.4 Å². The summed E-state index contributed by atoms with van der Waals surface area (Å²) in [4.78, 5) is 12.1. The van der Waals surface area contributed by atoms with Crippen LogP contribution in [-0.2, 0) is 19.6 Å². The molecule has 0 aromatic heterocycles. The number of carbonyl (C=O) groups excluding carboxylic acids is 1. The number of hydrogen-bond acceptors (Lipinski definition) is 4. The first-order valence-electron chi connectivity index (χ1n) is 7.60. The Bertz CT molecular complexity index is 646. The second-order valence-electron chi connectivity index (χ2n) is 5.70. The summed E-state index contributed by atoms with van der Waals surface area (Å²) in [6, 6.07) is 5.35. The fourth-order valence-electron chi connectivity index (χ4n) is 2.82. The van der Waals surface area contributed by atoms with Crippen LogP contribution < -0.4 is 0 Å². The standard InChI is InChI=1S/C16H23NO4S/c1-4-21-16(18)14-7-9-17(10-8-14)22(19,20)15-6-5-12(2)11-13(15)3/h5-6,11,14H,4,7-10H2,1-3H3. The molecule has 1 fully saturated rings. The third-order valence-electron chi connectivity index (χ3n) is 4.02. The Morgan fingerprint density at radius 1 is 1.27 bits per heavy atom. The number of rotatable bonds is 4. The lowest BCUT2D eigenvalue weighted by atomic mass is 9.98. The van der Waals surface area contributed by atoms with Crippen LogP contribution in [0.5, 0.6) is 0 Å². The molecule has 0 unspecified atom stereocenters.